The fraction of sp³-hybridized carbons (Fsp3) is 0.783. The number of rotatable bonds is 51. The zero-order chi connectivity index (χ0) is 47.9. The summed E-state index contributed by atoms with van der Waals surface area (Å²) in [6.45, 7) is 6.55. The van der Waals surface area contributed by atoms with E-state index in [4.69, 9.17) is 14.2 Å². The van der Waals surface area contributed by atoms with Crippen LogP contribution in [0, 0.1) is 0 Å². The van der Waals surface area contributed by atoms with Gasteiger partial charge in [-0.15, -0.1) is 0 Å². The molecule has 0 aliphatic heterocycles. The van der Waals surface area contributed by atoms with E-state index in [1.165, 1.54) is 167 Å². The normalized spacial score (nSPS) is 12.5. The molecule has 0 fully saturated rings. The Morgan fingerprint density at radius 1 is 0.303 bits per heavy atom. The highest BCUT2D eigenvalue weighted by Gasteiger charge is 2.19. The van der Waals surface area contributed by atoms with E-state index in [1.54, 1.807) is 0 Å². The summed E-state index contributed by atoms with van der Waals surface area (Å²) in [5, 5.41) is 0. The highest BCUT2D eigenvalue weighted by molar-refractivity contribution is 5.71. The lowest BCUT2D eigenvalue weighted by Gasteiger charge is -2.18. The summed E-state index contributed by atoms with van der Waals surface area (Å²) in [4.78, 5) is 38.1. The van der Waals surface area contributed by atoms with Crippen molar-refractivity contribution in [1.29, 1.82) is 0 Å². The number of carbonyl (C=O) groups excluding carboxylic acids is 3. The smallest absolute Gasteiger partial charge is 0.306 e. The molecule has 0 aliphatic carbocycles. The summed E-state index contributed by atoms with van der Waals surface area (Å²) in [6, 6.07) is 0. The lowest BCUT2D eigenvalue weighted by atomic mass is 10.1. The molecule has 0 bridgehead atoms. The number of unbranched alkanes of at least 4 members (excludes halogenated alkanes) is 32. The second-order valence-electron chi connectivity index (χ2n) is 18.9. The van der Waals surface area contributed by atoms with E-state index < -0.39 is 6.10 Å². The third kappa shape index (κ3) is 52.1. The van der Waals surface area contributed by atoms with Crippen LogP contribution < -0.4 is 0 Å². The zero-order valence-electron chi connectivity index (χ0n) is 43.7. The van der Waals surface area contributed by atoms with Crippen LogP contribution in [0.25, 0.3) is 0 Å². The van der Waals surface area contributed by atoms with E-state index in [2.05, 4.69) is 81.5 Å². The van der Waals surface area contributed by atoms with Crippen molar-refractivity contribution in [2.75, 3.05) is 13.2 Å². The molecular formula is C60H106O6. The lowest BCUT2D eigenvalue weighted by Crippen LogP contribution is -2.30. The molecule has 382 valence electrons. The fourth-order valence-corrected chi connectivity index (χ4v) is 7.93. The van der Waals surface area contributed by atoms with Gasteiger partial charge >= 0.3 is 17.9 Å². The first-order valence-electron chi connectivity index (χ1n) is 28.3. The van der Waals surface area contributed by atoms with Crippen molar-refractivity contribution >= 4 is 17.9 Å². The van der Waals surface area contributed by atoms with Gasteiger partial charge in [0.2, 0.25) is 0 Å². The van der Waals surface area contributed by atoms with Crippen LogP contribution in [0.4, 0.5) is 0 Å². The van der Waals surface area contributed by atoms with Crippen molar-refractivity contribution in [2.24, 2.45) is 0 Å². The molecule has 0 aromatic carbocycles. The Bertz CT molecular complexity index is 1200. The van der Waals surface area contributed by atoms with Crippen LogP contribution in [0.5, 0.6) is 0 Å². The number of allylic oxidation sites excluding steroid dienone is 10. The Balaban J connectivity index is 4.31. The van der Waals surface area contributed by atoms with Gasteiger partial charge in [-0.1, -0.05) is 236 Å². The molecule has 0 aromatic rings. The first-order chi connectivity index (χ1) is 32.5. The number of esters is 3. The Labute approximate surface area is 409 Å². The quantitative estimate of drug-likeness (QED) is 0.0199. The van der Waals surface area contributed by atoms with E-state index in [0.29, 0.717) is 19.3 Å². The summed E-state index contributed by atoms with van der Waals surface area (Å²) >= 11 is 0. The van der Waals surface area contributed by atoms with E-state index in [-0.39, 0.29) is 31.1 Å². The van der Waals surface area contributed by atoms with E-state index in [9.17, 15) is 14.4 Å². The average Bonchev–Trinajstić information content (AvgIpc) is 3.31. The van der Waals surface area contributed by atoms with Crippen LogP contribution in [-0.2, 0) is 28.6 Å². The van der Waals surface area contributed by atoms with Crippen molar-refractivity contribution in [2.45, 2.75) is 290 Å². The predicted octanol–water partition coefficient (Wildman–Crippen LogP) is 18.8. The molecule has 0 aromatic heterocycles. The van der Waals surface area contributed by atoms with E-state index in [0.717, 1.165) is 77.0 Å². The molecule has 0 rings (SSSR count). The minimum Gasteiger partial charge on any atom is -0.462 e. The van der Waals surface area contributed by atoms with E-state index >= 15 is 0 Å². The molecule has 1 atom stereocenters. The highest BCUT2D eigenvalue weighted by Crippen LogP contribution is 2.16. The van der Waals surface area contributed by atoms with Crippen molar-refractivity contribution in [1.82, 2.24) is 0 Å². The molecule has 0 N–H and O–H groups in total. The van der Waals surface area contributed by atoms with Gasteiger partial charge < -0.3 is 14.2 Å². The average molecular weight is 924 g/mol. The van der Waals surface area contributed by atoms with Crippen molar-refractivity contribution in [3.63, 3.8) is 0 Å². The molecule has 0 saturated heterocycles. The largest absolute Gasteiger partial charge is 0.462 e. The Morgan fingerprint density at radius 2 is 0.561 bits per heavy atom. The molecule has 66 heavy (non-hydrogen) atoms. The SMILES string of the molecule is CCCC/C=C\CCCCCCC(=O)OCC(COC(=O)CCCCCCCCCCCC/C=C\C=C/CCCCC)OC(=O)CCCCCCCCCCCC/C=C\C=C/CCCCC. The summed E-state index contributed by atoms with van der Waals surface area (Å²) in [5.41, 5.74) is 0. The molecule has 0 radical (unpaired) electrons. The maximum absolute atomic E-state index is 12.8. The third-order valence-electron chi connectivity index (χ3n) is 12.3. The summed E-state index contributed by atoms with van der Waals surface area (Å²) in [5.74, 6) is -0.892. The molecule has 0 heterocycles. The van der Waals surface area contributed by atoms with Gasteiger partial charge in [0.1, 0.15) is 13.2 Å². The summed E-state index contributed by atoms with van der Waals surface area (Å²) in [7, 11) is 0. The lowest BCUT2D eigenvalue weighted by molar-refractivity contribution is -0.167. The van der Waals surface area contributed by atoms with Crippen molar-refractivity contribution < 1.29 is 28.6 Å². The minimum absolute atomic E-state index is 0.0800. The van der Waals surface area contributed by atoms with Gasteiger partial charge in [-0.25, -0.2) is 0 Å². The molecule has 6 heteroatoms. The van der Waals surface area contributed by atoms with Gasteiger partial charge in [0, 0.05) is 19.3 Å². The van der Waals surface area contributed by atoms with Crippen LogP contribution in [0.2, 0.25) is 0 Å². The molecule has 0 spiro atoms. The van der Waals surface area contributed by atoms with Crippen LogP contribution >= 0.6 is 0 Å². The molecule has 0 amide bonds. The second kappa shape index (κ2) is 54.7. The minimum atomic E-state index is -0.781. The van der Waals surface area contributed by atoms with Gasteiger partial charge in [-0.3, -0.25) is 14.4 Å². The van der Waals surface area contributed by atoms with Crippen molar-refractivity contribution in [3.8, 4) is 0 Å². The highest BCUT2D eigenvalue weighted by atomic mass is 16.6. The first kappa shape index (κ1) is 63.1. The van der Waals surface area contributed by atoms with E-state index in [1.807, 2.05) is 0 Å². The van der Waals surface area contributed by atoms with Gasteiger partial charge in [0.05, 0.1) is 0 Å². The van der Waals surface area contributed by atoms with Crippen molar-refractivity contribution in [3.05, 3.63) is 60.8 Å². The molecule has 6 nitrogen and oxygen atoms in total. The topological polar surface area (TPSA) is 78.9 Å². The van der Waals surface area contributed by atoms with Gasteiger partial charge in [0.25, 0.3) is 0 Å². The molecular weight excluding hydrogens is 817 g/mol. The van der Waals surface area contributed by atoms with Crippen LogP contribution in [0.15, 0.2) is 60.8 Å². The maximum atomic E-state index is 12.8. The molecule has 0 aliphatic rings. The summed E-state index contributed by atoms with van der Waals surface area (Å²) < 4.78 is 16.8. The Kier molecular flexibility index (Phi) is 52.3. The van der Waals surface area contributed by atoms with Crippen LogP contribution in [0.3, 0.4) is 0 Å². The van der Waals surface area contributed by atoms with Gasteiger partial charge in [0.15, 0.2) is 6.10 Å². The number of hydrogen-bond donors (Lipinski definition) is 0. The van der Waals surface area contributed by atoms with Crippen LogP contribution in [0.1, 0.15) is 284 Å². The van der Waals surface area contributed by atoms with Gasteiger partial charge in [-0.05, 0) is 89.9 Å². The monoisotopic (exact) mass is 923 g/mol. The Hall–Kier alpha value is -2.89. The Morgan fingerprint density at radius 3 is 0.894 bits per heavy atom. The number of carbonyl (C=O) groups is 3. The van der Waals surface area contributed by atoms with Gasteiger partial charge in [-0.2, -0.15) is 0 Å². The first-order valence-corrected chi connectivity index (χ1v) is 28.3. The molecule has 1 unspecified atom stereocenters. The molecule has 0 saturated carbocycles. The predicted molar refractivity (Wildman–Crippen MR) is 284 cm³/mol. The fourth-order valence-electron chi connectivity index (χ4n) is 7.93. The third-order valence-corrected chi connectivity index (χ3v) is 12.3. The maximum Gasteiger partial charge on any atom is 0.306 e. The zero-order valence-corrected chi connectivity index (χ0v) is 43.7. The number of ether oxygens (including phenoxy) is 3. The second-order valence-corrected chi connectivity index (χ2v) is 18.9. The van der Waals surface area contributed by atoms with Crippen LogP contribution in [-0.4, -0.2) is 37.2 Å². The number of hydrogen-bond acceptors (Lipinski definition) is 6. The standard InChI is InChI=1S/C60H106O6/c1-4-7-10-13-16-19-22-24-26-28-30-32-34-36-38-41-44-47-50-53-59(62)65-56-57(55-64-58(61)52-49-46-43-40-21-18-15-12-9-6-3)66-60(63)54-51-48-45-42-39-37-35-33-31-29-27-25-23-20-17-14-11-8-5-2/h15-20,22-25,57H,4-14,21,26-56H2,1-3H3/b18-15-,19-16-,20-17-,24-22-,25-23-. The summed E-state index contributed by atoms with van der Waals surface area (Å²) in [6.07, 6.45) is 67.8.